The third-order valence-electron chi connectivity index (χ3n) is 3.61. The van der Waals surface area contributed by atoms with E-state index in [1.807, 2.05) is 38.1 Å². The first-order valence-electron chi connectivity index (χ1n) is 8.28. The normalized spacial score (nSPS) is 10.1. The number of carbonyl (C=O) groups is 2. The zero-order chi connectivity index (χ0) is 18.9. The van der Waals surface area contributed by atoms with Gasteiger partial charge in [-0.1, -0.05) is 29.8 Å². The number of nitrogens with one attached hydrogen (secondary N) is 3. The number of anilines is 2. The monoisotopic (exact) mass is 375 g/mol. The molecule has 6 nitrogen and oxygen atoms in total. The molecule has 2 aromatic carbocycles. The third-order valence-corrected chi connectivity index (χ3v) is 4.02. The van der Waals surface area contributed by atoms with Gasteiger partial charge in [-0.2, -0.15) is 0 Å². The van der Waals surface area contributed by atoms with Crippen molar-refractivity contribution in [3.63, 3.8) is 0 Å². The van der Waals surface area contributed by atoms with E-state index in [1.54, 1.807) is 18.2 Å². The minimum atomic E-state index is -0.321. The van der Waals surface area contributed by atoms with Crippen LogP contribution in [-0.4, -0.2) is 31.5 Å². The van der Waals surface area contributed by atoms with E-state index in [1.165, 1.54) is 0 Å². The smallest absolute Gasteiger partial charge is 0.243 e. The predicted octanol–water partition coefficient (Wildman–Crippen LogP) is 3.21. The average Bonchev–Trinajstić information content (AvgIpc) is 2.63. The lowest BCUT2D eigenvalue weighted by Crippen LogP contribution is -2.36. The lowest BCUT2D eigenvalue weighted by Gasteiger charge is -2.12. The van der Waals surface area contributed by atoms with Crippen LogP contribution in [0.1, 0.15) is 12.5 Å². The maximum absolute atomic E-state index is 12.0. The second kappa shape index (κ2) is 9.68. The van der Waals surface area contributed by atoms with Crippen LogP contribution >= 0.6 is 11.6 Å². The van der Waals surface area contributed by atoms with Gasteiger partial charge in [-0.05, 0) is 43.7 Å². The highest BCUT2D eigenvalue weighted by Gasteiger charge is 2.09. The van der Waals surface area contributed by atoms with E-state index < -0.39 is 0 Å². The van der Waals surface area contributed by atoms with Crippen LogP contribution < -0.4 is 20.7 Å². The Bertz CT molecular complexity index is 780. The molecule has 26 heavy (non-hydrogen) atoms. The summed E-state index contributed by atoms with van der Waals surface area (Å²) in [6.45, 7) is 4.15. The molecule has 0 heterocycles. The molecule has 3 N–H and O–H groups in total. The fraction of sp³-hybridized carbons (Fsp3) is 0.263. The SMILES string of the molecule is CCOc1ccccc1NCC(=O)NCC(=O)Nc1cccc(Cl)c1C. The van der Waals surface area contributed by atoms with E-state index in [0.29, 0.717) is 23.1 Å². The van der Waals surface area contributed by atoms with Crippen molar-refractivity contribution in [2.75, 3.05) is 30.3 Å². The Hall–Kier alpha value is -2.73. The average molecular weight is 376 g/mol. The zero-order valence-corrected chi connectivity index (χ0v) is 15.5. The van der Waals surface area contributed by atoms with Crippen molar-refractivity contribution in [3.8, 4) is 5.75 Å². The van der Waals surface area contributed by atoms with Gasteiger partial charge in [0, 0.05) is 10.7 Å². The second-order valence-electron chi connectivity index (χ2n) is 5.52. The molecule has 2 aromatic rings. The van der Waals surface area contributed by atoms with Gasteiger partial charge >= 0.3 is 0 Å². The highest BCUT2D eigenvalue weighted by Crippen LogP contribution is 2.23. The molecule has 0 saturated heterocycles. The van der Waals surface area contributed by atoms with E-state index in [-0.39, 0.29) is 24.9 Å². The lowest BCUT2D eigenvalue weighted by molar-refractivity contribution is -0.122. The molecule has 0 unspecified atom stereocenters. The predicted molar refractivity (Wildman–Crippen MR) is 104 cm³/mol. The van der Waals surface area contributed by atoms with Crippen molar-refractivity contribution in [2.24, 2.45) is 0 Å². The first-order chi connectivity index (χ1) is 12.5. The fourth-order valence-electron chi connectivity index (χ4n) is 2.25. The van der Waals surface area contributed by atoms with Crippen molar-refractivity contribution in [2.45, 2.75) is 13.8 Å². The number of amides is 2. The van der Waals surface area contributed by atoms with Gasteiger partial charge in [0.1, 0.15) is 5.75 Å². The Balaban J connectivity index is 1.80. The number of benzene rings is 2. The molecular formula is C19H22ClN3O3. The molecule has 0 bridgehead atoms. The maximum atomic E-state index is 12.0. The quantitative estimate of drug-likeness (QED) is 0.662. The number of halogens is 1. The first-order valence-corrected chi connectivity index (χ1v) is 8.66. The van der Waals surface area contributed by atoms with Crippen molar-refractivity contribution in [1.29, 1.82) is 0 Å². The zero-order valence-electron chi connectivity index (χ0n) is 14.8. The van der Waals surface area contributed by atoms with Crippen molar-refractivity contribution >= 4 is 34.8 Å². The van der Waals surface area contributed by atoms with Gasteiger partial charge in [0.05, 0.1) is 25.4 Å². The van der Waals surface area contributed by atoms with Crippen LogP contribution in [0.15, 0.2) is 42.5 Å². The second-order valence-corrected chi connectivity index (χ2v) is 5.93. The van der Waals surface area contributed by atoms with E-state index in [9.17, 15) is 9.59 Å². The number of hydrogen-bond donors (Lipinski definition) is 3. The summed E-state index contributed by atoms with van der Waals surface area (Å²) in [5, 5.41) is 8.87. The maximum Gasteiger partial charge on any atom is 0.243 e. The highest BCUT2D eigenvalue weighted by atomic mass is 35.5. The molecule has 0 aromatic heterocycles. The van der Waals surface area contributed by atoms with Crippen molar-refractivity contribution in [1.82, 2.24) is 5.32 Å². The molecule has 0 aliphatic carbocycles. The van der Waals surface area contributed by atoms with Crippen LogP contribution in [-0.2, 0) is 9.59 Å². The van der Waals surface area contributed by atoms with Gasteiger partial charge < -0.3 is 20.7 Å². The molecule has 0 aliphatic rings. The molecule has 0 fully saturated rings. The minimum Gasteiger partial charge on any atom is -0.492 e. The summed E-state index contributed by atoms with van der Waals surface area (Å²) in [7, 11) is 0. The highest BCUT2D eigenvalue weighted by molar-refractivity contribution is 6.31. The van der Waals surface area contributed by atoms with Crippen LogP contribution in [0.3, 0.4) is 0 Å². The largest absolute Gasteiger partial charge is 0.492 e. The molecule has 138 valence electrons. The summed E-state index contributed by atoms with van der Waals surface area (Å²) < 4.78 is 5.49. The molecule has 0 saturated carbocycles. The number of hydrogen-bond acceptors (Lipinski definition) is 4. The third kappa shape index (κ3) is 5.67. The van der Waals surface area contributed by atoms with Crippen LogP contribution in [0, 0.1) is 6.92 Å². The Morgan fingerprint density at radius 3 is 2.50 bits per heavy atom. The van der Waals surface area contributed by atoms with Crippen molar-refractivity contribution < 1.29 is 14.3 Å². The Morgan fingerprint density at radius 1 is 1.00 bits per heavy atom. The van der Waals surface area contributed by atoms with Crippen LogP contribution in [0.5, 0.6) is 5.75 Å². The van der Waals surface area contributed by atoms with Gasteiger partial charge in [-0.3, -0.25) is 9.59 Å². The van der Waals surface area contributed by atoms with E-state index in [2.05, 4.69) is 16.0 Å². The summed E-state index contributed by atoms with van der Waals surface area (Å²) in [5.41, 5.74) is 2.13. The van der Waals surface area contributed by atoms with Gasteiger partial charge in [0.15, 0.2) is 0 Å². The Morgan fingerprint density at radius 2 is 1.73 bits per heavy atom. The first kappa shape index (κ1) is 19.6. The van der Waals surface area contributed by atoms with Crippen molar-refractivity contribution in [3.05, 3.63) is 53.1 Å². The number of ether oxygens (including phenoxy) is 1. The molecule has 2 rings (SSSR count). The topological polar surface area (TPSA) is 79.5 Å². The fourth-order valence-corrected chi connectivity index (χ4v) is 2.42. The number of rotatable bonds is 8. The van der Waals surface area contributed by atoms with E-state index in [4.69, 9.17) is 16.3 Å². The molecule has 0 spiro atoms. The molecule has 0 radical (unpaired) electrons. The van der Waals surface area contributed by atoms with Crippen LogP contribution in [0.2, 0.25) is 5.02 Å². The van der Waals surface area contributed by atoms with E-state index >= 15 is 0 Å². The molecule has 2 amide bonds. The minimum absolute atomic E-state index is 0.0353. The summed E-state index contributed by atoms with van der Waals surface area (Å²) >= 11 is 6.02. The lowest BCUT2D eigenvalue weighted by atomic mass is 10.2. The van der Waals surface area contributed by atoms with Gasteiger partial charge in [-0.25, -0.2) is 0 Å². The summed E-state index contributed by atoms with van der Waals surface area (Å²) in [6, 6.07) is 12.6. The summed E-state index contributed by atoms with van der Waals surface area (Å²) in [5.74, 6) is 0.0599. The van der Waals surface area contributed by atoms with E-state index in [0.717, 1.165) is 11.3 Å². The molecule has 7 heteroatoms. The summed E-state index contributed by atoms with van der Waals surface area (Å²) in [6.07, 6.45) is 0. The summed E-state index contributed by atoms with van der Waals surface area (Å²) in [4.78, 5) is 23.9. The van der Waals surface area contributed by atoms with Gasteiger partial charge in [0.25, 0.3) is 0 Å². The number of para-hydroxylation sites is 2. The van der Waals surface area contributed by atoms with Crippen LogP contribution in [0.25, 0.3) is 0 Å². The van der Waals surface area contributed by atoms with Gasteiger partial charge in [0.2, 0.25) is 11.8 Å². The van der Waals surface area contributed by atoms with Crippen LogP contribution in [0.4, 0.5) is 11.4 Å². The standard InChI is InChI=1S/C19H22ClN3O3/c1-3-26-17-10-5-4-8-16(17)21-11-18(24)22-12-19(25)23-15-9-6-7-14(20)13(15)2/h4-10,21H,3,11-12H2,1-2H3,(H,22,24)(H,23,25). The Labute approximate surface area is 157 Å². The molecular weight excluding hydrogens is 354 g/mol. The number of carbonyl (C=O) groups excluding carboxylic acids is 2. The molecule has 0 aliphatic heterocycles. The Kier molecular flexibility index (Phi) is 7.29. The van der Waals surface area contributed by atoms with Gasteiger partial charge in [-0.15, -0.1) is 0 Å². The molecule has 0 atom stereocenters.